The molecular weight excluding hydrogens is 346 g/mol. The van der Waals surface area contributed by atoms with Crippen molar-refractivity contribution in [3.63, 3.8) is 0 Å². The van der Waals surface area contributed by atoms with E-state index in [1.54, 1.807) is 0 Å². The lowest BCUT2D eigenvalue weighted by Crippen LogP contribution is -2.41. The van der Waals surface area contributed by atoms with E-state index < -0.39 is 0 Å². The average Bonchev–Trinajstić information content (AvgIpc) is 2.43. The lowest BCUT2D eigenvalue weighted by Gasteiger charge is -2.38. The highest BCUT2D eigenvalue weighted by Crippen LogP contribution is 2.40. The van der Waals surface area contributed by atoms with Crippen molar-refractivity contribution in [2.45, 2.75) is 37.8 Å². The van der Waals surface area contributed by atoms with Crippen LogP contribution in [0.3, 0.4) is 0 Å². The van der Waals surface area contributed by atoms with Crippen molar-refractivity contribution >= 4 is 27.5 Å². The van der Waals surface area contributed by atoms with Crippen molar-refractivity contribution < 1.29 is 0 Å². The molecule has 0 saturated heterocycles. The predicted molar refractivity (Wildman–Crippen MR) is 92.9 cm³/mol. The normalized spacial score (nSPS) is 22.6. The molecule has 1 fully saturated rings. The second-order valence-corrected chi connectivity index (χ2v) is 7.15. The van der Waals surface area contributed by atoms with E-state index in [0.29, 0.717) is 18.0 Å². The Hall–Kier alpha value is -0.830. The van der Waals surface area contributed by atoms with E-state index in [4.69, 9.17) is 11.6 Å². The third-order valence-corrected chi connectivity index (χ3v) is 5.15. The molecule has 1 atom stereocenters. The van der Waals surface area contributed by atoms with Gasteiger partial charge in [-0.2, -0.15) is 0 Å². The van der Waals surface area contributed by atoms with E-state index in [0.717, 1.165) is 9.50 Å². The lowest BCUT2D eigenvalue weighted by molar-refractivity contribution is 0.271. The van der Waals surface area contributed by atoms with Crippen LogP contribution in [-0.2, 0) is 0 Å². The molecule has 0 heterocycles. The van der Waals surface area contributed by atoms with Gasteiger partial charge in [0, 0.05) is 21.6 Å². The van der Waals surface area contributed by atoms with Crippen LogP contribution in [0.4, 0.5) is 0 Å². The molecule has 1 N–H and O–H groups in total. The first-order chi connectivity index (χ1) is 10.1. The molecule has 2 aromatic rings. The molecule has 0 amide bonds. The van der Waals surface area contributed by atoms with Gasteiger partial charge in [-0.1, -0.05) is 57.9 Å². The molecule has 0 spiro atoms. The highest BCUT2D eigenvalue weighted by Gasteiger charge is 2.32. The summed E-state index contributed by atoms with van der Waals surface area (Å²) in [7, 11) is 0. The largest absolute Gasteiger partial charge is 0.307 e. The van der Waals surface area contributed by atoms with Crippen LogP contribution in [0, 0.1) is 0 Å². The van der Waals surface area contributed by atoms with Crippen LogP contribution in [0.25, 0.3) is 0 Å². The highest BCUT2D eigenvalue weighted by atomic mass is 79.9. The SMILES string of the molecule is C[C@@H](NC1CC(c2ccccc2Cl)C1)c1cccc(Br)c1. The van der Waals surface area contributed by atoms with E-state index in [1.807, 2.05) is 12.1 Å². The molecule has 2 aromatic carbocycles. The van der Waals surface area contributed by atoms with Crippen LogP contribution in [0.1, 0.15) is 42.9 Å². The first kappa shape index (κ1) is 15.1. The molecular formula is C18H19BrClN. The topological polar surface area (TPSA) is 12.0 Å². The Balaban J connectivity index is 1.56. The van der Waals surface area contributed by atoms with Crippen molar-refractivity contribution in [1.82, 2.24) is 5.32 Å². The summed E-state index contributed by atoms with van der Waals surface area (Å²) < 4.78 is 1.14. The van der Waals surface area contributed by atoms with Gasteiger partial charge < -0.3 is 5.32 Å². The Bertz CT molecular complexity index is 622. The molecule has 0 radical (unpaired) electrons. The number of hydrogen-bond acceptors (Lipinski definition) is 1. The fourth-order valence-electron chi connectivity index (χ4n) is 3.04. The summed E-state index contributed by atoms with van der Waals surface area (Å²) in [6, 6.07) is 17.7. The zero-order valence-corrected chi connectivity index (χ0v) is 14.4. The minimum absolute atomic E-state index is 0.375. The molecule has 0 bridgehead atoms. The van der Waals surface area contributed by atoms with Crippen LogP contribution in [-0.4, -0.2) is 6.04 Å². The van der Waals surface area contributed by atoms with Crippen LogP contribution < -0.4 is 5.32 Å². The molecule has 0 aromatic heterocycles. The number of nitrogens with one attached hydrogen (secondary N) is 1. The molecule has 3 rings (SSSR count). The van der Waals surface area contributed by atoms with E-state index >= 15 is 0 Å². The maximum Gasteiger partial charge on any atom is 0.0440 e. The quantitative estimate of drug-likeness (QED) is 0.734. The molecule has 0 aliphatic heterocycles. The Kier molecular flexibility index (Phi) is 4.68. The molecule has 1 saturated carbocycles. The van der Waals surface area contributed by atoms with Crippen molar-refractivity contribution in [2.24, 2.45) is 0 Å². The summed E-state index contributed by atoms with van der Waals surface area (Å²) in [5.41, 5.74) is 2.62. The highest BCUT2D eigenvalue weighted by molar-refractivity contribution is 9.10. The number of halogens is 2. The second kappa shape index (κ2) is 6.51. The van der Waals surface area contributed by atoms with E-state index in [9.17, 15) is 0 Å². The van der Waals surface area contributed by atoms with Crippen molar-refractivity contribution in [2.75, 3.05) is 0 Å². The monoisotopic (exact) mass is 363 g/mol. The van der Waals surface area contributed by atoms with Gasteiger partial charge in [0.2, 0.25) is 0 Å². The van der Waals surface area contributed by atoms with Crippen molar-refractivity contribution in [1.29, 1.82) is 0 Å². The van der Waals surface area contributed by atoms with Gasteiger partial charge in [0.05, 0.1) is 0 Å². The molecule has 1 aliphatic rings. The van der Waals surface area contributed by atoms with Crippen molar-refractivity contribution in [3.05, 3.63) is 69.2 Å². The molecule has 110 valence electrons. The van der Waals surface area contributed by atoms with Crippen LogP contribution >= 0.6 is 27.5 Å². The minimum Gasteiger partial charge on any atom is -0.307 e. The van der Waals surface area contributed by atoms with E-state index in [2.05, 4.69) is 64.6 Å². The van der Waals surface area contributed by atoms with Gasteiger partial charge in [-0.15, -0.1) is 0 Å². The number of rotatable bonds is 4. The maximum atomic E-state index is 6.27. The Morgan fingerprint density at radius 1 is 1.14 bits per heavy atom. The summed E-state index contributed by atoms with van der Waals surface area (Å²) in [6.45, 7) is 2.23. The lowest BCUT2D eigenvalue weighted by atomic mass is 9.75. The van der Waals surface area contributed by atoms with Gasteiger partial charge >= 0.3 is 0 Å². The Morgan fingerprint density at radius 2 is 1.90 bits per heavy atom. The average molecular weight is 365 g/mol. The van der Waals surface area contributed by atoms with Gasteiger partial charge in [-0.25, -0.2) is 0 Å². The summed E-state index contributed by atoms with van der Waals surface area (Å²) in [5.74, 6) is 0.603. The minimum atomic E-state index is 0.375. The van der Waals surface area contributed by atoms with Crippen LogP contribution in [0.5, 0.6) is 0 Å². The fraction of sp³-hybridized carbons (Fsp3) is 0.333. The summed E-state index contributed by atoms with van der Waals surface area (Å²) in [6.07, 6.45) is 2.34. The van der Waals surface area contributed by atoms with Crippen LogP contribution in [0.15, 0.2) is 53.0 Å². The number of hydrogen-bond donors (Lipinski definition) is 1. The van der Waals surface area contributed by atoms with Gasteiger partial charge in [-0.3, -0.25) is 0 Å². The number of benzene rings is 2. The zero-order chi connectivity index (χ0) is 14.8. The predicted octanol–water partition coefficient (Wildman–Crippen LogP) is 5.70. The zero-order valence-electron chi connectivity index (χ0n) is 12.0. The Morgan fingerprint density at radius 3 is 2.62 bits per heavy atom. The summed E-state index contributed by atoms with van der Waals surface area (Å²) in [5, 5.41) is 4.62. The van der Waals surface area contributed by atoms with Crippen LogP contribution in [0.2, 0.25) is 5.02 Å². The van der Waals surface area contributed by atoms with Gasteiger partial charge in [-0.05, 0) is 55.0 Å². The third kappa shape index (κ3) is 3.50. The van der Waals surface area contributed by atoms with Gasteiger partial charge in [0.1, 0.15) is 0 Å². The van der Waals surface area contributed by atoms with E-state index in [1.165, 1.54) is 24.0 Å². The third-order valence-electron chi connectivity index (χ3n) is 4.32. The summed E-state index contributed by atoms with van der Waals surface area (Å²) in [4.78, 5) is 0. The molecule has 3 heteroatoms. The second-order valence-electron chi connectivity index (χ2n) is 5.83. The fourth-order valence-corrected chi connectivity index (χ4v) is 3.75. The van der Waals surface area contributed by atoms with Gasteiger partial charge in [0.25, 0.3) is 0 Å². The standard InChI is InChI=1S/C18H19BrClN/c1-12(13-5-4-6-15(19)9-13)21-16-10-14(11-16)17-7-2-3-8-18(17)20/h2-9,12,14,16,21H,10-11H2,1H3/t12-,14?,16?/m1/s1. The first-order valence-corrected chi connectivity index (χ1v) is 8.56. The van der Waals surface area contributed by atoms with Gasteiger partial charge in [0.15, 0.2) is 0 Å². The molecule has 21 heavy (non-hydrogen) atoms. The smallest absolute Gasteiger partial charge is 0.0440 e. The van der Waals surface area contributed by atoms with Crippen molar-refractivity contribution in [3.8, 4) is 0 Å². The summed E-state index contributed by atoms with van der Waals surface area (Å²) >= 11 is 9.81. The molecule has 1 nitrogen and oxygen atoms in total. The Labute approximate surface area is 139 Å². The van der Waals surface area contributed by atoms with E-state index in [-0.39, 0.29) is 0 Å². The molecule has 0 unspecified atom stereocenters. The maximum absolute atomic E-state index is 6.27. The molecule has 1 aliphatic carbocycles. The first-order valence-electron chi connectivity index (χ1n) is 7.39.